The first-order chi connectivity index (χ1) is 9.95. The molecule has 0 aliphatic rings. The predicted molar refractivity (Wildman–Crippen MR) is 84.9 cm³/mol. The van der Waals surface area contributed by atoms with Crippen LogP contribution in [0.3, 0.4) is 0 Å². The Kier molecular flexibility index (Phi) is 5.45. The summed E-state index contributed by atoms with van der Waals surface area (Å²) in [6, 6.07) is 9.87. The Balaban J connectivity index is 2.28. The first kappa shape index (κ1) is 16.1. The number of benzene rings is 2. The molecule has 5 heteroatoms. The maximum atomic E-state index is 14.0. The van der Waals surface area contributed by atoms with E-state index in [1.807, 2.05) is 13.8 Å². The van der Waals surface area contributed by atoms with Crippen LogP contribution in [0.2, 0.25) is 10.0 Å². The Labute approximate surface area is 133 Å². The topological polar surface area (TPSA) is 21.3 Å². The zero-order chi connectivity index (χ0) is 15.4. The van der Waals surface area contributed by atoms with Crippen molar-refractivity contribution in [3.05, 3.63) is 57.8 Å². The first-order valence-electron chi connectivity index (χ1n) is 6.60. The summed E-state index contributed by atoms with van der Waals surface area (Å²) in [5.41, 5.74) is 0.474. The molecule has 0 unspecified atom stereocenters. The smallest absolute Gasteiger partial charge is 0.134 e. The van der Waals surface area contributed by atoms with E-state index in [0.29, 0.717) is 33.7 Å². The minimum absolute atomic E-state index is 0.248. The van der Waals surface area contributed by atoms with Crippen LogP contribution in [0, 0.1) is 5.82 Å². The van der Waals surface area contributed by atoms with Gasteiger partial charge in [-0.3, -0.25) is 0 Å². The lowest BCUT2D eigenvalue weighted by Gasteiger charge is -2.14. The molecule has 112 valence electrons. The van der Waals surface area contributed by atoms with Gasteiger partial charge in [0.05, 0.1) is 0 Å². The molecule has 0 bridgehead atoms. The van der Waals surface area contributed by atoms with E-state index in [4.69, 9.17) is 27.9 Å². The zero-order valence-corrected chi connectivity index (χ0v) is 13.3. The van der Waals surface area contributed by atoms with Gasteiger partial charge >= 0.3 is 0 Å². The highest BCUT2D eigenvalue weighted by Crippen LogP contribution is 2.31. The summed E-state index contributed by atoms with van der Waals surface area (Å²) in [6.45, 7) is 4.38. The summed E-state index contributed by atoms with van der Waals surface area (Å²) < 4.78 is 19.7. The lowest BCUT2D eigenvalue weighted by molar-refractivity contribution is 0.457. The molecule has 0 atom stereocenters. The Bertz CT molecular complexity index is 611. The summed E-state index contributed by atoms with van der Waals surface area (Å²) in [5.74, 6) is 0.610. The second-order valence-electron chi connectivity index (χ2n) is 4.96. The van der Waals surface area contributed by atoms with Gasteiger partial charge in [0.15, 0.2) is 0 Å². The van der Waals surface area contributed by atoms with Gasteiger partial charge < -0.3 is 10.1 Å². The predicted octanol–water partition coefficient (Wildman–Crippen LogP) is 5.42. The van der Waals surface area contributed by atoms with Gasteiger partial charge in [0.1, 0.15) is 17.3 Å². The van der Waals surface area contributed by atoms with E-state index < -0.39 is 0 Å². The Morgan fingerprint density at radius 3 is 2.43 bits per heavy atom. The SMILES string of the molecule is CC(C)NCc1c(F)cccc1Oc1cc(Cl)cc(Cl)c1. The van der Waals surface area contributed by atoms with E-state index in [1.54, 1.807) is 30.3 Å². The molecule has 0 aliphatic carbocycles. The van der Waals surface area contributed by atoms with E-state index in [2.05, 4.69) is 5.32 Å². The minimum Gasteiger partial charge on any atom is -0.457 e. The second-order valence-corrected chi connectivity index (χ2v) is 5.83. The van der Waals surface area contributed by atoms with Gasteiger partial charge in [0, 0.05) is 28.2 Å². The average molecular weight is 328 g/mol. The summed E-state index contributed by atoms with van der Waals surface area (Å²) in [4.78, 5) is 0. The van der Waals surface area contributed by atoms with Crippen LogP contribution < -0.4 is 10.1 Å². The normalized spacial score (nSPS) is 11.0. The third-order valence-electron chi connectivity index (χ3n) is 2.83. The summed E-state index contributed by atoms with van der Waals surface area (Å²) in [5, 5.41) is 4.12. The molecule has 2 rings (SSSR count). The maximum Gasteiger partial charge on any atom is 0.134 e. The zero-order valence-electron chi connectivity index (χ0n) is 11.8. The van der Waals surface area contributed by atoms with Crippen molar-refractivity contribution < 1.29 is 9.13 Å². The fraction of sp³-hybridized carbons (Fsp3) is 0.250. The van der Waals surface area contributed by atoms with Crippen LogP contribution in [-0.4, -0.2) is 6.04 Å². The van der Waals surface area contributed by atoms with Crippen LogP contribution in [0.5, 0.6) is 11.5 Å². The lowest BCUT2D eigenvalue weighted by atomic mass is 10.1. The number of rotatable bonds is 5. The number of nitrogens with one attached hydrogen (secondary N) is 1. The van der Waals surface area contributed by atoms with E-state index in [1.165, 1.54) is 6.07 Å². The molecule has 1 N–H and O–H groups in total. The molecule has 0 fully saturated rings. The molecule has 21 heavy (non-hydrogen) atoms. The van der Waals surface area contributed by atoms with E-state index >= 15 is 0 Å². The van der Waals surface area contributed by atoms with Crippen molar-refractivity contribution in [3.63, 3.8) is 0 Å². The van der Waals surface area contributed by atoms with Gasteiger partial charge in [-0.25, -0.2) is 4.39 Å². The number of halogens is 3. The number of ether oxygens (including phenoxy) is 1. The van der Waals surface area contributed by atoms with Crippen molar-refractivity contribution in [2.45, 2.75) is 26.4 Å². The van der Waals surface area contributed by atoms with E-state index in [-0.39, 0.29) is 11.9 Å². The first-order valence-corrected chi connectivity index (χ1v) is 7.36. The highest BCUT2D eigenvalue weighted by Gasteiger charge is 2.11. The molecule has 0 aromatic heterocycles. The third kappa shape index (κ3) is 4.60. The molecule has 0 saturated carbocycles. The van der Waals surface area contributed by atoms with Crippen molar-refractivity contribution in [2.75, 3.05) is 0 Å². The molecule has 2 aromatic rings. The minimum atomic E-state index is -0.311. The highest BCUT2D eigenvalue weighted by molar-refractivity contribution is 6.34. The van der Waals surface area contributed by atoms with Crippen molar-refractivity contribution >= 4 is 23.2 Å². The van der Waals surface area contributed by atoms with Crippen molar-refractivity contribution in [1.29, 1.82) is 0 Å². The highest BCUT2D eigenvalue weighted by atomic mass is 35.5. The van der Waals surface area contributed by atoms with Gasteiger partial charge in [0.2, 0.25) is 0 Å². The van der Waals surface area contributed by atoms with Crippen LogP contribution >= 0.6 is 23.2 Å². The Morgan fingerprint density at radius 1 is 1.14 bits per heavy atom. The fourth-order valence-electron chi connectivity index (χ4n) is 1.83. The number of hydrogen-bond donors (Lipinski definition) is 1. The molecule has 0 heterocycles. The van der Waals surface area contributed by atoms with Crippen LogP contribution in [0.4, 0.5) is 4.39 Å². The monoisotopic (exact) mass is 327 g/mol. The van der Waals surface area contributed by atoms with Crippen LogP contribution in [0.1, 0.15) is 19.4 Å². The largest absolute Gasteiger partial charge is 0.457 e. The van der Waals surface area contributed by atoms with Crippen molar-refractivity contribution in [1.82, 2.24) is 5.32 Å². The van der Waals surface area contributed by atoms with E-state index in [0.717, 1.165) is 0 Å². The molecular formula is C16H16Cl2FNO. The van der Waals surface area contributed by atoms with Crippen LogP contribution in [0.15, 0.2) is 36.4 Å². The van der Waals surface area contributed by atoms with Gasteiger partial charge in [-0.2, -0.15) is 0 Å². The molecule has 0 spiro atoms. The quantitative estimate of drug-likeness (QED) is 0.791. The van der Waals surface area contributed by atoms with Gasteiger partial charge in [-0.1, -0.05) is 43.1 Å². The van der Waals surface area contributed by atoms with Crippen LogP contribution in [-0.2, 0) is 6.54 Å². The van der Waals surface area contributed by atoms with Gasteiger partial charge in [0.25, 0.3) is 0 Å². The fourth-order valence-corrected chi connectivity index (χ4v) is 2.33. The van der Waals surface area contributed by atoms with Crippen molar-refractivity contribution in [2.24, 2.45) is 0 Å². The molecule has 2 nitrogen and oxygen atoms in total. The summed E-state index contributed by atoms with van der Waals surface area (Å²) >= 11 is 11.9. The van der Waals surface area contributed by atoms with Gasteiger partial charge in [-0.15, -0.1) is 0 Å². The third-order valence-corrected chi connectivity index (χ3v) is 3.26. The van der Waals surface area contributed by atoms with Crippen molar-refractivity contribution in [3.8, 4) is 11.5 Å². The molecule has 0 amide bonds. The lowest BCUT2D eigenvalue weighted by Crippen LogP contribution is -2.22. The number of hydrogen-bond acceptors (Lipinski definition) is 2. The molecule has 0 aliphatic heterocycles. The Morgan fingerprint density at radius 2 is 1.81 bits per heavy atom. The second kappa shape index (κ2) is 7.12. The molecule has 0 saturated heterocycles. The molecule has 2 aromatic carbocycles. The standard InChI is InChI=1S/C16H16Cl2FNO/c1-10(2)20-9-14-15(19)4-3-5-16(14)21-13-7-11(17)6-12(18)8-13/h3-8,10,20H,9H2,1-2H3. The Hall–Kier alpha value is -1.29. The molecular weight excluding hydrogens is 312 g/mol. The summed E-state index contributed by atoms with van der Waals surface area (Å²) in [7, 11) is 0. The maximum absolute atomic E-state index is 14.0. The average Bonchev–Trinajstić information content (AvgIpc) is 2.36. The summed E-state index contributed by atoms with van der Waals surface area (Å²) in [6.07, 6.45) is 0. The van der Waals surface area contributed by atoms with E-state index in [9.17, 15) is 4.39 Å². The van der Waals surface area contributed by atoms with Gasteiger partial charge in [-0.05, 0) is 30.3 Å². The molecule has 0 radical (unpaired) electrons. The van der Waals surface area contributed by atoms with Crippen LogP contribution in [0.25, 0.3) is 0 Å².